The molecule has 1 saturated heterocycles. The molecule has 1 aliphatic heterocycles. The SMILES string of the molecule is CC1(C)CCC2(O)C([N+](=O)[O-])CCC3(OCCO3)C2C1. The Hall–Kier alpha value is -0.720. The first-order valence-corrected chi connectivity index (χ1v) is 7.43. The lowest BCUT2D eigenvalue weighted by Gasteiger charge is -2.55. The van der Waals surface area contributed by atoms with Gasteiger partial charge in [-0.2, -0.15) is 0 Å². The van der Waals surface area contributed by atoms with E-state index >= 15 is 0 Å². The molecule has 3 aliphatic rings. The van der Waals surface area contributed by atoms with Crippen LogP contribution >= 0.6 is 0 Å². The van der Waals surface area contributed by atoms with E-state index in [4.69, 9.17) is 9.47 Å². The Balaban J connectivity index is 1.99. The zero-order valence-corrected chi connectivity index (χ0v) is 12.1. The summed E-state index contributed by atoms with van der Waals surface area (Å²) in [5, 5.41) is 22.4. The smallest absolute Gasteiger partial charge is 0.242 e. The molecule has 0 amide bonds. The molecule has 0 radical (unpaired) electrons. The largest absolute Gasteiger partial charge is 0.382 e. The standard InChI is InChI=1S/C14H23NO5/c1-12(2)5-6-13(16)10(9-12)14(19-7-8-20-14)4-3-11(13)15(17)18/h10-11,16H,3-9H2,1-2H3. The van der Waals surface area contributed by atoms with Crippen LogP contribution in [0.3, 0.4) is 0 Å². The van der Waals surface area contributed by atoms with Crippen molar-refractivity contribution < 1.29 is 19.5 Å². The summed E-state index contributed by atoms with van der Waals surface area (Å²) in [5.74, 6) is -1.12. The molecule has 0 aromatic rings. The van der Waals surface area contributed by atoms with Crippen LogP contribution in [-0.2, 0) is 9.47 Å². The van der Waals surface area contributed by atoms with Gasteiger partial charge >= 0.3 is 0 Å². The van der Waals surface area contributed by atoms with Crippen molar-refractivity contribution in [1.29, 1.82) is 0 Å². The van der Waals surface area contributed by atoms with Crippen molar-refractivity contribution in [2.75, 3.05) is 13.2 Å². The zero-order valence-electron chi connectivity index (χ0n) is 12.1. The van der Waals surface area contributed by atoms with Crippen LogP contribution in [0.2, 0.25) is 0 Å². The first-order chi connectivity index (χ1) is 9.29. The molecule has 0 aromatic heterocycles. The first kappa shape index (κ1) is 14.2. The van der Waals surface area contributed by atoms with Gasteiger partial charge in [0.1, 0.15) is 5.60 Å². The molecule has 3 rings (SSSR count). The van der Waals surface area contributed by atoms with Crippen LogP contribution in [0.4, 0.5) is 0 Å². The van der Waals surface area contributed by atoms with Crippen LogP contribution in [0, 0.1) is 21.4 Å². The maximum absolute atomic E-state index is 11.3. The Morgan fingerprint density at radius 3 is 2.45 bits per heavy atom. The summed E-state index contributed by atoms with van der Waals surface area (Å²) >= 11 is 0. The van der Waals surface area contributed by atoms with Gasteiger partial charge in [0.15, 0.2) is 5.79 Å². The number of nitrogens with zero attached hydrogens (tertiary/aromatic N) is 1. The van der Waals surface area contributed by atoms with Gasteiger partial charge in [0, 0.05) is 23.7 Å². The highest BCUT2D eigenvalue weighted by Crippen LogP contribution is 2.56. The highest BCUT2D eigenvalue weighted by molar-refractivity contribution is 5.09. The highest BCUT2D eigenvalue weighted by Gasteiger charge is 2.66. The lowest BCUT2D eigenvalue weighted by Crippen LogP contribution is -2.67. The second kappa shape index (κ2) is 4.39. The highest BCUT2D eigenvalue weighted by atomic mass is 16.7. The van der Waals surface area contributed by atoms with Crippen LogP contribution in [0.1, 0.15) is 46.0 Å². The van der Waals surface area contributed by atoms with Crippen molar-refractivity contribution in [2.24, 2.45) is 11.3 Å². The molecule has 2 saturated carbocycles. The fourth-order valence-corrected chi connectivity index (χ4v) is 4.35. The molecule has 20 heavy (non-hydrogen) atoms. The molecule has 0 bridgehead atoms. The number of hydrogen-bond acceptors (Lipinski definition) is 5. The third-order valence-electron chi connectivity index (χ3n) is 5.47. The van der Waals surface area contributed by atoms with E-state index in [1.807, 2.05) is 0 Å². The molecule has 6 nitrogen and oxygen atoms in total. The van der Waals surface area contributed by atoms with Crippen molar-refractivity contribution in [2.45, 2.75) is 63.4 Å². The van der Waals surface area contributed by atoms with Gasteiger partial charge in [-0.15, -0.1) is 0 Å². The minimum Gasteiger partial charge on any atom is -0.382 e. The van der Waals surface area contributed by atoms with Crippen molar-refractivity contribution >= 4 is 0 Å². The summed E-state index contributed by atoms with van der Waals surface area (Å²) in [6.45, 7) is 5.31. The van der Waals surface area contributed by atoms with Crippen LogP contribution in [0.25, 0.3) is 0 Å². The van der Waals surface area contributed by atoms with E-state index in [0.29, 0.717) is 38.9 Å². The molecule has 1 heterocycles. The van der Waals surface area contributed by atoms with Crippen LogP contribution in [-0.4, -0.2) is 40.7 Å². The lowest BCUT2D eigenvalue weighted by molar-refractivity contribution is -0.562. The van der Waals surface area contributed by atoms with E-state index in [9.17, 15) is 15.2 Å². The van der Waals surface area contributed by atoms with E-state index < -0.39 is 17.4 Å². The van der Waals surface area contributed by atoms with Gasteiger partial charge in [0.25, 0.3) is 0 Å². The van der Waals surface area contributed by atoms with Crippen LogP contribution in [0.15, 0.2) is 0 Å². The van der Waals surface area contributed by atoms with E-state index in [2.05, 4.69) is 13.8 Å². The first-order valence-electron chi connectivity index (χ1n) is 7.43. The van der Waals surface area contributed by atoms with Crippen molar-refractivity contribution in [3.8, 4) is 0 Å². The van der Waals surface area contributed by atoms with Crippen LogP contribution in [0.5, 0.6) is 0 Å². The minimum atomic E-state index is -1.30. The van der Waals surface area contributed by atoms with Gasteiger partial charge in [-0.05, 0) is 24.7 Å². The van der Waals surface area contributed by atoms with Crippen molar-refractivity contribution in [1.82, 2.24) is 0 Å². The average Bonchev–Trinajstić information content (AvgIpc) is 2.81. The van der Waals surface area contributed by atoms with E-state index in [0.717, 1.165) is 6.42 Å². The normalized spacial score (nSPS) is 42.4. The number of rotatable bonds is 1. The molecular weight excluding hydrogens is 262 g/mol. The molecule has 0 aromatic carbocycles. The lowest BCUT2D eigenvalue weighted by atomic mass is 9.56. The summed E-state index contributed by atoms with van der Waals surface area (Å²) in [6.07, 6.45) is 2.77. The number of ether oxygens (including phenoxy) is 2. The fourth-order valence-electron chi connectivity index (χ4n) is 4.35. The summed E-state index contributed by atoms with van der Waals surface area (Å²) in [5.41, 5.74) is -1.25. The minimum absolute atomic E-state index is 0.0533. The number of aliphatic hydroxyl groups is 1. The van der Waals surface area contributed by atoms with Gasteiger partial charge in [0.05, 0.1) is 13.2 Å². The maximum Gasteiger partial charge on any atom is 0.242 e. The second-order valence-corrected chi connectivity index (χ2v) is 7.26. The molecule has 6 heteroatoms. The molecule has 1 spiro atoms. The van der Waals surface area contributed by atoms with E-state index in [1.165, 1.54) is 0 Å². The summed E-state index contributed by atoms with van der Waals surface area (Å²) in [6, 6.07) is -0.901. The molecule has 114 valence electrons. The fraction of sp³-hybridized carbons (Fsp3) is 1.00. The molecule has 3 atom stereocenters. The predicted molar refractivity (Wildman–Crippen MR) is 70.7 cm³/mol. The third kappa shape index (κ3) is 1.96. The van der Waals surface area contributed by atoms with Crippen LogP contribution < -0.4 is 0 Å². The Morgan fingerprint density at radius 2 is 1.85 bits per heavy atom. The second-order valence-electron chi connectivity index (χ2n) is 7.26. The van der Waals surface area contributed by atoms with Crippen molar-refractivity contribution in [3.05, 3.63) is 10.1 Å². The van der Waals surface area contributed by atoms with Gasteiger partial charge < -0.3 is 14.6 Å². The summed E-state index contributed by atoms with van der Waals surface area (Å²) in [4.78, 5) is 11.0. The molecule has 2 aliphatic carbocycles. The molecule has 1 N–H and O–H groups in total. The monoisotopic (exact) mass is 285 g/mol. The van der Waals surface area contributed by atoms with Gasteiger partial charge in [-0.3, -0.25) is 10.1 Å². The Bertz CT molecular complexity index is 418. The number of fused-ring (bicyclic) bond motifs is 2. The Labute approximate surface area is 118 Å². The average molecular weight is 285 g/mol. The molecule has 3 unspecified atom stereocenters. The van der Waals surface area contributed by atoms with Gasteiger partial charge in [0.2, 0.25) is 6.04 Å². The molecule has 3 fully saturated rings. The summed E-state index contributed by atoms with van der Waals surface area (Å²) < 4.78 is 11.7. The van der Waals surface area contributed by atoms with E-state index in [-0.39, 0.29) is 16.3 Å². The summed E-state index contributed by atoms with van der Waals surface area (Å²) in [7, 11) is 0. The van der Waals surface area contributed by atoms with Gasteiger partial charge in [-0.25, -0.2) is 0 Å². The Morgan fingerprint density at radius 1 is 1.20 bits per heavy atom. The zero-order chi connectivity index (χ0) is 14.6. The quantitative estimate of drug-likeness (QED) is 0.586. The number of nitro groups is 1. The Kier molecular flexibility index (Phi) is 3.12. The molecular formula is C14H23NO5. The topological polar surface area (TPSA) is 81.8 Å². The van der Waals surface area contributed by atoms with Gasteiger partial charge in [-0.1, -0.05) is 13.8 Å². The predicted octanol–water partition coefficient (Wildman–Crippen LogP) is 1.73. The van der Waals surface area contributed by atoms with Crippen molar-refractivity contribution in [3.63, 3.8) is 0 Å². The van der Waals surface area contributed by atoms with E-state index in [1.54, 1.807) is 0 Å². The third-order valence-corrected chi connectivity index (χ3v) is 5.47. The maximum atomic E-state index is 11.3. The number of hydrogen-bond donors (Lipinski definition) is 1.